The minimum Gasteiger partial charge on any atom is -0.381 e. The first-order valence-corrected chi connectivity index (χ1v) is 6.58. The first-order valence-electron chi connectivity index (χ1n) is 6.58. The summed E-state index contributed by atoms with van der Waals surface area (Å²) in [4.78, 5) is 0. The van der Waals surface area contributed by atoms with E-state index in [0.717, 1.165) is 13.0 Å². The highest BCUT2D eigenvalue weighted by atomic mass is 14.9. The lowest BCUT2D eigenvalue weighted by Gasteiger charge is -2.11. The molecule has 1 N–H and O–H groups in total. The molecular weight excluding hydrogens is 218 g/mol. The Morgan fingerprint density at radius 3 is 2.33 bits per heavy atom. The number of hydrogen-bond acceptors (Lipinski definition) is 1. The molecule has 1 heteroatoms. The SMILES string of the molecule is CCc1ccc(NCc2ccccc2C)cc1C. The average molecular weight is 239 g/mol. The van der Waals surface area contributed by atoms with Gasteiger partial charge in [0.2, 0.25) is 0 Å². The predicted molar refractivity (Wildman–Crippen MR) is 79.1 cm³/mol. The van der Waals surface area contributed by atoms with E-state index < -0.39 is 0 Å². The lowest BCUT2D eigenvalue weighted by atomic mass is 10.1. The van der Waals surface area contributed by atoms with Gasteiger partial charge in [0.25, 0.3) is 0 Å². The zero-order chi connectivity index (χ0) is 13.0. The number of nitrogens with one attached hydrogen (secondary N) is 1. The van der Waals surface area contributed by atoms with E-state index in [2.05, 4.69) is 68.6 Å². The fourth-order valence-corrected chi connectivity index (χ4v) is 2.21. The smallest absolute Gasteiger partial charge is 0.0403 e. The molecular formula is C17H21N. The fraction of sp³-hybridized carbons (Fsp3) is 0.294. The van der Waals surface area contributed by atoms with Crippen LogP contribution in [0.3, 0.4) is 0 Å². The molecule has 2 aromatic carbocycles. The predicted octanol–water partition coefficient (Wildman–Crippen LogP) is 4.48. The Morgan fingerprint density at radius 1 is 0.889 bits per heavy atom. The molecule has 0 aliphatic heterocycles. The lowest BCUT2D eigenvalue weighted by Crippen LogP contribution is -2.01. The summed E-state index contributed by atoms with van der Waals surface area (Å²) >= 11 is 0. The molecule has 18 heavy (non-hydrogen) atoms. The van der Waals surface area contributed by atoms with Crippen LogP contribution in [0.4, 0.5) is 5.69 Å². The summed E-state index contributed by atoms with van der Waals surface area (Å²) in [6, 6.07) is 15.1. The maximum atomic E-state index is 3.49. The molecule has 0 fully saturated rings. The Labute approximate surface area is 110 Å². The first kappa shape index (κ1) is 12.7. The van der Waals surface area contributed by atoms with Gasteiger partial charge in [0.15, 0.2) is 0 Å². The summed E-state index contributed by atoms with van der Waals surface area (Å²) in [6.45, 7) is 7.42. The van der Waals surface area contributed by atoms with Crippen molar-refractivity contribution < 1.29 is 0 Å². The van der Waals surface area contributed by atoms with E-state index in [1.165, 1.54) is 27.9 Å². The van der Waals surface area contributed by atoms with Gasteiger partial charge >= 0.3 is 0 Å². The third-order valence-corrected chi connectivity index (χ3v) is 3.47. The van der Waals surface area contributed by atoms with Crippen LogP contribution in [-0.2, 0) is 13.0 Å². The second-order valence-electron chi connectivity index (χ2n) is 4.77. The van der Waals surface area contributed by atoms with Gasteiger partial charge in [-0.1, -0.05) is 37.3 Å². The van der Waals surface area contributed by atoms with Crippen LogP contribution >= 0.6 is 0 Å². The van der Waals surface area contributed by atoms with Crippen LogP contribution in [0.2, 0.25) is 0 Å². The molecule has 2 aromatic rings. The summed E-state index contributed by atoms with van der Waals surface area (Å²) in [7, 11) is 0. The van der Waals surface area contributed by atoms with Gasteiger partial charge in [-0.25, -0.2) is 0 Å². The van der Waals surface area contributed by atoms with Gasteiger partial charge in [-0.15, -0.1) is 0 Å². The first-order chi connectivity index (χ1) is 8.70. The second kappa shape index (κ2) is 5.72. The zero-order valence-electron chi connectivity index (χ0n) is 11.5. The van der Waals surface area contributed by atoms with Crippen LogP contribution < -0.4 is 5.32 Å². The summed E-state index contributed by atoms with van der Waals surface area (Å²) in [6.07, 6.45) is 1.10. The summed E-state index contributed by atoms with van der Waals surface area (Å²) < 4.78 is 0. The van der Waals surface area contributed by atoms with Gasteiger partial charge in [0.1, 0.15) is 0 Å². The molecule has 94 valence electrons. The van der Waals surface area contributed by atoms with Crippen LogP contribution in [0.1, 0.15) is 29.2 Å². The summed E-state index contributed by atoms with van der Waals surface area (Å²) in [5.41, 5.74) is 6.69. The Hall–Kier alpha value is -1.76. The molecule has 0 aliphatic carbocycles. The topological polar surface area (TPSA) is 12.0 Å². The number of anilines is 1. The van der Waals surface area contributed by atoms with E-state index in [1.807, 2.05) is 0 Å². The van der Waals surface area contributed by atoms with Crippen molar-refractivity contribution in [1.82, 2.24) is 0 Å². The van der Waals surface area contributed by atoms with Crippen molar-refractivity contribution in [2.45, 2.75) is 33.7 Å². The molecule has 2 rings (SSSR count). The normalized spacial score (nSPS) is 10.4. The highest BCUT2D eigenvalue weighted by molar-refractivity contribution is 5.49. The molecule has 0 spiro atoms. The molecule has 1 nitrogen and oxygen atoms in total. The molecule has 0 aliphatic rings. The molecule has 0 heterocycles. The lowest BCUT2D eigenvalue weighted by molar-refractivity contribution is 1.09. The van der Waals surface area contributed by atoms with Crippen molar-refractivity contribution >= 4 is 5.69 Å². The number of aryl methyl sites for hydroxylation is 3. The highest BCUT2D eigenvalue weighted by Crippen LogP contribution is 2.17. The molecule has 0 atom stereocenters. The third-order valence-electron chi connectivity index (χ3n) is 3.47. The van der Waals surface area contributed by atoms with E-state index in [9.17, 15) is 0 Å². The van der Waals surface area contributed by atoms with Crippen LogP contribution in [0.25, 0.3) is 0 Å². The maximum absolute atomic E-state index is 3.49. The summed E-state index contributed by atoms with van der Waals surface area (Å²) in [5.74, 6) is 0. The second-order valence-corrected chi connectivity index (χ2v) is 4.77. The largest absolute Gasteiger partial charge is 0.381 e. The van der Waals surface area contributed by atoms with Gasteiger partial charge in [-0.2, -0.15) is 0 Å². The van der Waals surface area contributed by atoms with Crippen LogP contribution in [0.15, 0.2) is 42.5 Å². The maximum Gasteiger partial charge on any atom is 0.0403 e. The van der Waals surface area contributed by atoms with Gasteiger partial charge in [-0.05, 0) is 54.7 Å². The van der Waals surface area contributed by atoms with Gasteiger partial charge in [-0.3, -0.25) is 0 Å². The number of benzene rings is 2. The Balaban J connectivity index is 2.07. The third kappa shape index (κ3) is 2.92. The monoisotopic (exact) mass is 239 g/mol. The quantitative estimate of drug-likeness (QED) is 0.829. The molecule has 0 saturated heterocycles. The average Bonchev–Trinajstić information content (AvgIpc) is 2.38. The molecule has 0 bridgehead atoms. The van der Waals surface area contributed by atoms with E-state index in [4.69, 9.17) is 0 Å². The number of rotatable bonds is 4. The van der Waals surface area contributed by atoms with E-state index in [0.29, 0.717) is 0 Å². The van der Waals surface area contributed by atoms with E-state index in [-0.39, 0.29) is 0 Å². The van der Waals surface area contributed by atoms with Crippen LogP contribution in [0.5, 0.6) is 0 Å². The van der Waals surface area contributed by atoms with Crippen LogP contribution in [0, 0.1) is 13.8 Å². The molecule has 0 aromatic heterocycles. The van der Waals surface area contributed by atoms with Crippen molar-refractivity contribution in [3.8, 4) is 0 Å². The highest BCUT2D eigenvalue weighted by Gasteiger charge is 2.00. The minimum atomic E-state index is 0.886. The molecule has 0 amide bonds. The van der Waals surface area contributed by atoms with E-state index in [1.54, 1.807) is 0 Å². The van der Waals surface area contributed by atoms with E-state index >= 15 is 0 Å². The summed E-state index contributed by atoms with van der Waals surface area (Å²) in [5, 5.41) is 3.49. The van der Waals surface area contributed by atoms with Crippen molar-refractivity contribution in [3.05, 3.63) is 64.7 Å². The van der Waals surface area contributed by atoms with Gasteiger partial charge in [0.05, 0.1) is 0 Å². The van der Waals surface area contributed by atoms with Crippen molar-refractivity contribution in [2.24, 2.45) is 0 Å². The van der Waals surface area contributed by atoms with Crippen molar-refractivity contribution in [2.75, 3.05) is 5.32 Å². The minimum absolute atomic E-state index is 0.886. The van der Waals surface area contributed by atoms with Crippen molar-refractivity contribution in [1.29, 1.82) is 0 Å². The molecule has 0 saturated carbocycles. The molecule has 0 unspecified atom stereocenters. The Morgan fingerprint density at radius 2 is 1.67 bits per heavy atom. The standard InChI is InChI=1S/C17H21N/c1-4-15-9-10-17(11-14(15)3)18-12-16-8-6-5-7-13(16)2/h5-11,18H,4,12H2,1-3H3. The van der Waals surface area contributed by atoms with Crippen molar-refractivity contribution in [3.63, 3.8) is 0 Å². The molecule has 0 radical (unpaired) electrons. The van der Waals surface area contributed by atoms with Gasteiger partial charge in [0, 0.05) is 12.2 Å². The Kier molecular flexibility index (Phi) is 4.03. The Bertz CT molecular complexity index is 529. The fourth-order valence-electron chi connectivity index (χ4n) is 2.21. The van der Waals surface area contributed by atoms with Gasteiger partial charge < -0.3 is 5.32 Å². The zero-order valence-corrected chi connectivity index (χ0v) is 11.5. The van der Waals surface area contributed by atoms with Crippen LogP contribution in [-0.4, -0.2) is 0 Å². The number of hydrogen-bond donors (Lipinski definition) is 1.